The molecular formula is C5H7N3O2S. The van der Waals surface area contributed by atoms with Crippen molar-refractivity contribution in [2.24, 2.45) is 0 Å². The zero-order chi connectivity index (χ0) is 8.43. The second-order valence-electron chi connectivity index (χ2n) is 2.10. The zero-order valence-electron chi connectivity index (χ0n) is 6.11. The monoisotopic (exact) mass is 173 g/mol. The smallest absolute Gasteiger partial charge is 0.366 e. The number of nitrogens with zero attached hydrogens (tertiary/aromatic N) is 3. The molecule has 0 unspecified atom stereocenters. The van der Waals surface area contributed by atoms with Crippen LogP contribution in [-0.2, 0) is 0 Å². The second kappa shape index (κ2) is 2.83. The van der Waals surface area contributed by atoms with Crippen LogP contribution in [0.3, 0.4) is 0 Å². The molecule has 6 heteroatoms. The van der Waals surface area contributed by atoms with Gasteiger partial charge < -0.3 is 10.0 Å². The van der Waals surface area contributed by atoms with Crippen molar-refractivity contribution >= 4 is 23.5 Å². The van der Waals surface area contributed by atoms with Crippen LogP contribution >= 0.6 is 11.5 Å². The van der Waals surface area contributed by atoms with Crippen molar-refractivity contribution in [3.05, 3.63) is 5.01 Å². The molecule has 60 valence electrons. The first kappa shape index (κ1) is 7.93. The Balaban J connectivity index is 2.90. The van der Waals surface area contributed by atoms with Gasteiger partial charge >= 0.3 is 5.97 Å². The fourth-order valence-corrected chi connectivity index (χ4v) is 1.06. The van der Waals surface area contributed by atoms with E-state index in [0.717, 1.165) is 11.5 Å². The molecule has 0 aliphatic carbocycles. The van der Waals surface area contributed by atoms with Gasteiger partial charge in [0.25, 0.3) is 0 Å². The van der Waals surface area contributed by atoms with Crippen molar-refractivity contribution in [3.63, 3.8) is 0 Å². The van der Waals surface area contributed by atoms with Gasteiger partial charge in [-0.1, -0.05) is 0 Å². The summed E-state index contributed by atoms with van der Waals surface area (Å²) >= 11 is 0.884. The largest absolute Gasteiger partial charge is 0.476 e. The summed E-state index contributed by atoms with van der Waals surface area (Å²) in [5.41, 5.74) is 0. The predicted molar refractivity (Wildman–Crippen MR) is 41.2 cm³/mol. The van der Waals surface area contributed by atoms with Gasteiger partial charge in [0.1, 0.15) is 0 Å². The number of rotatable bonds is 2. The average molecular weight is 173 g/mol. The third kappa shape index (κ3) is 1.64. The number of carboxylic acid groups (broad SMARTS) is 1. The van der Waals surface area contributed by atoms with Crippen molar-refractivity contribution < 1.29 is 9.90 Å². The first-order chi connectivity index (χ1) is 5.11. The standard InChI is InChI=1S/C5H7N3O2S/c1-8(2)5-6-3(4(9)10)11-7-5/h1-2H3,(H,9,10). The van der Waals surface area contributed by atoms with Crippen LogP contribution in [0.2, 0.25) is 0 Å². The molecule has 0 fully saturated rings. The molecule has 0 amide bonds. The Kier molecular flexibility index (Phi) is 2.04. The quantitative estimate of drug-likeness (QED) is 0.696. The minimum absolute atomic E-state index is 0.0219. The number of aromatic carboxylic acids is 1. The van der Waals surface area contributed by atoms with Gasteiger partial charge in [0.05, 0.1) is 0 Å². The molecule has 1 N–H and O–H groups in total. The van der Waals surface area contributed by atoms with Crippen molar-refractivity contribution in [2.45, 2.75) is 0 Å². The van der Waals surface area contributed by atoms with E-state index in [9.17, 15) is 4.79 Å². The molecule has 0 spiro atoms. The molecule has 0 saturated carbocycles. The molecule has 1 heterocycles. The fourth-order valence-electron chi connectivity index (χ4n) is 0.484. The summed E-state index contributed by atoms with van der Waals surface area (Å²) < 4.78 is 3.81. The van der Waals surface area contributed by atoms with Crippen LogP contribution in [0.15, 0.2) is 0 Å². The number of aromatic nitrogens is 2. The van der Waals surface area contributed by atoms with Gasteiger partial charge in [-0.3, -0.25) is 0 Å². The molecule has 1 aromatic heterocycles. The Bertz CT molecular complexity index is 270. The SMILES string of the molecule is CN(C)c1nsc(C(=O)O)n1. The minimum atomic E-state index is -1.03. The molecule has 0 radical (unpaired) electrons. The van der Waals surface area contributed by atoms with E-state index in [1.54, 1.807) is 19.0 Å². The first-order valence-electron chi connectivity index (χ1n) is 2.85. The van der Waals surface area contributed by atoms with Crippen LogP contribution in [0.25, 0.3) is 0 Å². The van der Waals surface area contributed by atoms with Crippen LogP contribution in [-0.4, -0.2) is 34.5 Å². The van der Waals surface area contributed by atoms with E-state index in [2.05, 4.69) is 9.36 Å². The second-order valence-corrected chi connectivity index (χ2v) is 2.85. The molecule has 11 heavy (non-hydrogen) atoms. The Labute approximate surface area is 67.5 Å². The molecule has 0 atom stereocenters. The zero-order valence-corrected chi connectivity index (χ0v) is 6.92. The molecule has 0 aromatic carbocycles. The average Bonchev–Trinajstić information content (AvgIpc) is 2.33. The van der Waals surface area contributed by atoms with Crippen LogP contribution in [0.4, 0.5) is 5.95 Å². The lowest BCUT2D eigenvalue weighted by molar-refractivity contribution is 0.0696. The Morgan fingerprint density at radius 1 is 1.64 bits per heavy atom. The maximum atomic E-state index is 10.3. The molecule has 1 aromatic rings. The Hall–Kier alpha value is -1.17. The molecule has 0 aliphatic heterocycles. The highest BCUT2D eigenvalue weighted by atomic mass is 32.1. The van der Waals surface area contributed by atoms with Gasteiger partial charge in [0, 0.05) is 14.1 Å². The van der Waals surface area contributed by atoms with E-state index >= 15 is 0 Å². The summed E-state index contributed by atoms with van der Waals surface area (Å²) in [5.74, 6) is -0.594. The maximum Gasteiger partial charge on any atom is 0.366 e. The Morgan fingerprint density at radius 2 is 2.27 bits per heavy atom. The van der Waals surface area contributed by atoms with Crippen LogP contribution in [0, 0.1) is 0 Å². The van der Waals surface area contributed by atoms with E-state index < -0.39 is 5.97 Å². The highest BCUT2D eigenvalue weighted by molar-refractivity contribution is 7.07. The highest BCUT2D eigenvalue weighted by Crippen LogP contribution is 2.10. The van der Waals surface area contributed by atoms with Gasteiger partial charge in [0.2, 0.25) is 11.0 Å². The van der Waals surface area contributed by atoms with E-state index in [0.29, 0.717) is 5.95 Å². The van der Waals surface area contributed by atoms with Gasteiger partial charge in [-0.2, -0.15) is 9.36 Å². The fraction of sp³-hybridized carbons (Fsp3) is 0.400. The first-order valence-corrected chi connectivity index (χ1v) is 3.63. The van der Waals surface area contributed by atoms with E-state index in [-0.39, 0.29) is 5.01 Å². The van der Waals surface area contributed by atoms with Gasteiger partial charge in [-0.25, -0.2) is 4.79 Å². The number of hydrogen-bond acceptors (Lipinski definition) is 5. The molecule has 0 aliphatic rings. The van der Waals surface area contributed by atoms with Gasteiger partial charge in [0.15, 0.2) is 0 Å². The summed E-state index contributed by atoms with van der Waals surface area (Å²) in [6.45, 7) is 0. The van der Waals surface area contributed by atoms with Crippen LogP contribution in [0.5, 0.6) is 0 Å². The number of carboxylic acids is 1. The molecule has 0 bridgehead atoms. The molecule has 5 nitrogen and oxygen atoms in total. The summed E-state index contributed by atoms with van der Waals surface area (Å²) in [6.07, 6.45) is 0. The molecule has 1 rings (SSSR count). The van der Waals surface area contributed by atoms with Crippen molar-refractivity contribution in [1.82, 2.24) is 9.36 Å². The van der Waals surface area contributed by atoms with E-state index in [1.807, 2.05) is 0 Å². The third-order valence-corrected chi connectivity index (χ3v) is 1.69. The van der Waals surface area contributed by atoms with Gasteiger partial charge in [-0.05, 0) is 11.5 Å². The number of anilines is 1. The number of hydrogen-bond donors (Lipinski definition) is 1. The van der Waals surface area contributed by atoms with E-state index in [4.69, 9.17) is 5.11 Å². The van der Waals surface area contributed by atoms with Crippen molar-refractivity contribution in [3.8, 4) is 0 Å². The molecule has 0 saturated heterocycles. The van der Waals surface area contributed by atoms with Crippen LogP contribution in [0.1, 0.15) is 9.80 Å². The lowest BCUT2D eigenvalue weighted by Crippen LogP contribution is -2.10. The Morgan fingerprint density at radius 3 is 2.55 bits per heavy atom. The summed E-state index contributed by atoms with van der Waals surface area (Å²) in [5, 5.41) is 8.49. The summed E-state index contributed by atoms with van der Waals surface area (Å²) in [4.78, 5) is 15.7. The minimum Gasteiger partial charge on any atom is -0.476 e. The topological polar surface area (TPSA) is 66.3 Å². The summed E-state index contributed by atoms with van der Waals surface area (Å²) in [7, 11) is 3.52. The van der Waals surface area contributed by atoms with E-state index in [1.165, 1.54) is 0 Å². The third-order valence-electron chi connectivity index (χ3n) is 0.998. The number of carbonyl (C=O) groups is 1. The van der Waals surface area contributed by atoms with Gasteiger partial charge in [-0.15, -0.1) is 0 Å². The predicted octanol–water partition coefficient (Wildman–Crippen LogP) is 0.302. The normalized spacial score (nSPS) is 9.64. The maximum absolute atomic E-state index is 10.3. The van der Waals surface area contributed by atoms with Crippen LogP contribution < -0.4 is 4.90 Å². The highest BCUT2D eigenvalue weighted by Gasteiger charge is 2.10. The lowest BCUT2D eigenvalue weighted by Gasteiger charge is -2.03. The van der Waals surface area contributed by atoms with Crippen molar-refractivity contribution in [2.75, 3.05) is 19.0 Å². The molecular weight excluding hydrogens is 166 g/mol. The van der Waals surface area contributed by atoms with Crippen molar-refractivity contribution in [1.29, 1.82) is 0 Å². The lowest BCUT2D eigenvalue weighted by atomic mass is 10.7. The summed E-state index contributed by atoms with van der Waals surface area (Å²) in [6, 6.07) is 0.